The molecule has 1 aromatic carbocycles. The average Bonchev–Trinajstić information content (AvgIpc) is 2.92. The third-order valence-corrected chi connectivity index (χ3v) is 3.81. The second kappa shape index (κ2) is 7.11. The van der Waals surface area contributed by atoms with Gasteiger partial charge in [0.1, 0.15) is 0 Å². The number of amides is 1. The van der Waals surface area contributed by atoms with E-state index in [0.717, 1.165) is 31.5 Å². The van der Waals surface area contributed by atoms with Crippen LogP contribution in [0.4, 0.5) is 18.9 Å². The summed E-state index contributed by atoms with van der Waals surface area (Å²) >= 11 is 0. The number of rotatable bonds is 5. The van der Waals surface area contributed by atoms with Gasteiger partial charge in [-0.3, -0.25) is 9.69 Å². The van der Waals surface area contributed by atoms with Crippen LogP contribution in [0.1, 0.15) is 24.8 Å². The number of halogens is 3. The van der Waals surface area contributed by atoms with Gasteiger partial charge in [-0.2, -0.15) is 13.2 Å². The summed E-state index contributed by atoms with van der Waals surface area (Å²) in [6.45, 7) is 1.40. The molecule has 7 heteroatoms. The van der Waals surface area contributed by atoms with Crippen molar-refractivity contribution in [2.45, 2.75) is 31.5 Å². The zero-order valence-corrected chi connectivity index (χ0v) is 12.1. The molecule has 1 aliphatic rings. The van der Waals surface area contributed by atoms with Crippen molar-refractivity contribution in [1.29, 1.82) is 0 Å². The number of carbonyl (C=O) groups is 1. The quantitative estimate of drug-likeness (QED) is 0.877. The lowest BCUT2D eigenvalue weighted by molar-refractivity contribution is -0.137. The van der Waals surface area contributed by atoms with E-state index in [9.17, 15) is 23.1 Å². The van der Waals surface area contributed by atoms with Crippen molar-refractivity contribution < 1.29 is 23.1 Å². The summed E-state index contributed by atoms with van der Waals surface area (Å²) in [6.07, 6.45) is -2.34. The number of anilines is 1. The lowest BCUT2D eigenvalue weighted by Crippen LogP contribution is -2.34. The van der Waals surface area contributed by atoms with E-state index in [1.165, 1.54) is 12.1 Å². The summed E-state index contributed by atoms with van der Waals surface area (Å²) in [5.74, 6) is -0.331. The topological polar surface area (TPSA) is 52.6 Å². The van der Waals surface area contributed by atoms with Crippen molar-refractivity contribution >= 4 is 11.6 Å². The summed E-state index contributed by atoms with van der Waals surface area (Å²) in [5, 5.41) is 11.7. The second-order valence-corrected chi connectivity index (χ2v) is 5.39. The second-order valence-electron chi connectivity index (χ2n) is 5.39. The van der Waals surface area contributed by atoms with Crippen molar-refractivity contribution in [2.75, 3.05) is 25.0 Å². The zero-order valence-electron chi connectivity index (χ0n) is 12.1. The molecule has 1 aliphatic heterocycles. The summed E-state index contributed by atoms with van der Waals surface area (Å²) < 4.78 is 37.8. The number of alkyl halides is 3. The monoisotopic (exact) mass is 316 g/mol. The lowest BCUT2D eigenvalue weighted by Gasteiger charge is -2.22. The number of hydrogen-bond donors (Lipinski definition) is 2. The minimum absolute atomic E-state index is 0.0647. The molecule has 1 heterocycles. The summed E-state index contributed by atoms with van der Waals surface area (Å²) in [6, 6.07) is 4.66. The van der Waals surface area contributed by atoms with E-state index >= 15 is 0 Å². The number of nitrogens with one attached hydrogen (secondary N) is 1. The highest BCUT2D eigenvalue weighted by atomic mass is 19.4. The fraction of sp³-hybridized carbons (Fsp3) is 0.533. The number of nitrogens with zero attached hydrogens (tertiary/aromatic N) is 1. The van der Waals surface area contributed by atoms with Gasteiger partial charge in [-0.25, -0.2) is 0 Å². The fourth-order valence-corrected chi connectivity index (χ4v) is 2.64. The van der Waals surface area contributed by atoms with Crippen LogP contribution in [0.2, 0.25) is 0 Å². The number of aliphatic hydroxyl groups excluding tert-OH is 1. The largest absolute Gasteiger partial charge is 0.416 e. The van der Waals surface area contributed by atoms with Gasteiger partial charge in [-0.15, -0.1) is 0 Å². The molecule has 1 fully saturated rings. The molecule has 0 bridgehead atoms. The Hall–Kier alpha value is -1.60. The molecular weight excluding hydrogens is 297 g/mol. The maximum Gasteiger partial charge on any atom is 0.416 e. The Morgan fingerprint density at radius 3 is 2.86 bits per heavy atom. The SMILES string of the molecule is O=C(CCN1CCC[C@H]1CO)Nc1cccc(C(F)(F)F)c1. The van der Waals surface area contributed by atoms with E-state index in [4.69, 9.17) is 0 Å². The summed E-state index contributed by atoms with van der Waals surface area (Å²) in [7, 11) is 0. The van der Waals surface area contributed by atoms with Gasteiger partial charge < -0.3 is 10.4 Å². The highest BCUT2D eigenvalue weighted by Gasteiger charge is 2.30. The number of likely N-dealkylation sites (tertiary alicyclic amines) is 1. The predicted molar refractivity (Wildman–Crippen MR) is 76.4 cm³/mol. The van der Waals surface area contributed by atoms with Gasteiger partial charge in [0, 0.05) is 24.7 Å². The fourth-order valence-electron chi connectivity index (χ4n) is 2.64. The van der Waals surface area contributed by atoms with Gasteiger partial charge in [0.2, 0.25) is 5.91 Å². The molecule has 0 aromatic heterocycles. The Morgan fingerprint density at radius 1 is 1.41 bits per heavy atom. The Balaban J connectivity index is 1.87. The molecule has 0 aliphatic carbocycles. The van der Waals surface area contributed by atoms with Crippen LogP contribution in [0, 0.1) is 0 Å². The van der Waals surface area contributed by atoms with Gasteiger partial charge in [-0.05, 0) is 37.6 Å². The highest BCUT2D eigenvalue weighted by Crippen LogP contribution is 2.30. The van der Waals surface area contributed by atoms with Crippen LogP contribution in [0.5, 0.6) is 0 Å². The molecule has 122 valence electrons. The van der Waals surface area contributed by atoms with E-state index in [0.29, 0.717) is 6.54 Å². The molecule has 22 heavy (non-hydrogen) atoms. The average molecular weight is 316 g/mol. The standard InChI is InChI=1S/C15H19F3N2O2/c16-15(17,18)11-3-1-4-12(9-11)19-14(22)6-8-20-7-2-5-13(20)10-21/h1,3-4,9,13,21H,2,5-8,10H2,(H,19,22)/t13-/m0/s1. The Morgan fingerprint density at radius 2 is 2.18 bits per heavy atom. The van der Waals surface area contributed by atoms with Crippen LogP contribution in [0.15, 0.2) is 24.3 Å². The molecule has 0 saturated carbocycles. The van der Waals surface area contributed by atoms with Crippen molar-refractivity contribution in [3.05, 3.63) is 29.8 Å². The smallest absolute Gasteiger partial charge is 0.395 e. The minimum Gasteiger partial charge on any atom is -0.395 e. The number of carbonyl (C=O) groups excluding carboxylic acids is 1. The molecule has 0 radical (unpaired) electrons. The van der Waals surface area contributed by atoms with E-state index in [-0.39, 0.29) is 30.7 Å². The molecule has 1 atom stereocenters. The van der Waals surface area contributed by atoms with Crippen LogP contribution in [-0.4, -0.2) is 41.7 Å². The van der Waals surface area contributed by atoms with Crippen LogP contribution < -0.4 is 5.32 Å². The summed E-state index contributed by atoms with van der Waals surface area (Å²) in [4.78, 5) is 13.9. The van der Waals surface area contributed by atoms with Gasteiger partial charge >= 0.3 is 6.18 Å². The maximum absolute atomic E-state index is 12.6. The molecule has 4 nitrogen and oxygen atoms in total. The van der Waals surface area contributed by atoms with Gasteiger partial charge in [0.25, 0.3) is 0 Å². The first kappa shape index (κ1) is 16.8. The van der Waals surface area contributed by atoms with Crippen LogP contribution in [-0.2, 0) is 11.0 Å². The molecule has 0 unspecified atom stereocenters. The van der Waals surface area contributed by atoms with Crippen molar-refractivity contribution in [3.8, 4) is 0 Å². The molecule has 1 saturated heterocycles. The Labute approximate surface area is 126 Å². The van der Waals surface area contributed by atoms with Crippen molar-refractivity contribution in [2.24, 2.45) is 0 Å². The van der Waals surface area contributed by atoms with Crippen molar-refractivity contribution in [3.63, 3.8) is 0 Å². The first-order valence-electron chi connectivity index (χ1n) is 7.22. The molecule has 1 aromatic rings. The van der Waals surface area contributed by atoms with Crippen LogP contribution >= 0.6 is 0 Å². The van der Waals surface area contributed by atoms with Crippen LogP contribution in [0.25, 0.3) is 0 Å². The van der Waals surface area contributed by atoms with Gasteiger partial charge in [0.05, 0.1) is 12.2 Å². The van der Waals surface area contributed by atoms with Crippen molar-refractivity contribution in [1.82, 2.24) is 4.90 Å². The molecule has 2 rings (SSSR count). The normalized spacial score (nSPS) is 19.4. The first-order chi connectivity index (χ1) is 10.4. The zero-order chi connectivity index (χ0) is 16.2. The molecular formula is C15H19F3N2O2. The number of aliphatic hydroxyl groups is 1. The minimum atomic E-state index is -4.43. The van der Waals surface area contributed by atoms with Gasteiger partial charge in [0.15, 0.2) is 0 Å². The van der Waals surface area contributed by atoms with E-state index < -0.39 is 11.7 Å². The third-order valence-electron chi connectivity index (χ3n) is 3.81. The number of hydrogen-bond acceptors (Lipinski definition) is 3. The first-order valence-corrected chi connectivity index (χ1v) is 7.22. The van der Waals surface area contributed by atoms with Gasteiger partial charge in [-0.1, -0.05) is 6.07 Å². The molecule has 1 amide bonds. The third kappa shape index (κ3) is 4.45. The van der Waals surface area contributed by atoms with Crippen LogP contribution in [0.3, 0.4) is 0 Å². The Kier molecular flexibility index (Phi) is 5.42. The maximum atomic E-state index is 12.6. The Bertz CT molecular complexity index is 520. The highest BCUT2D eigenvalue weighted by molar-refractivity contribution is 5.90. The lowest BCUT2D eigenvalue weighted by atomic mass is 10.2. The summed E-state index contributed by atoms with van der Waals surface area (Å²) in [5.41, 5.74) is -0.648. The van der Waals surface area contributed by atoms with E-state index in [1.807, 2.05) is 4.90 Å². The molecule has 2 N–H and O–H groups in total. The number of benzene rings is 1. The molecule has 0 spiro atoms. The van der Waals surface area contributed by atoms with E-state index in [1.54, 1.807) is 0 Å². The van der Waals surface area contributed by atoms with E-state index in [2.05, 4.69) is 5.32 Å². The predicted octanol–water partition coefficient (Wildman–Crippen LogP) is 2.49.